The molecule has 0 heterocycles. The smallest absolute Gasteiger partial charge is 0.154 e. The molecule has 1 unspecified atom stereocenters. The van der Waals surface area contributed by atoms with Crippen molar-refractivity contribution < 1.29 is 31.7 Å². The number of azide groups is 1. The normalized spacial score (nSPS) is 22.9. The molecule has 0 aliphatic heterocycles. The number of aliphatic hydroxyl groups excluding tert-OH is 4. The maximum Gasteiger partial charge on any atom is 0.154 e. The highest BCUT2D eigenvalue weighted by Gasteiger charge is 2.41. The fraction of sp³-hybridized carbons (Fsp3) is 0.857. The third-order valence-electron chi connectivity index (χ3n) is 1.88. The average molecular weight is 236 g/mol. The molecule has 0 aromatic rings. The van der Waals surface area contributed by atoms with Gasteiger partial charge >= 0.3 is 0 Å². The van der Waals surface area contributed by atoms with Gasteiger partial charge in [0, 0.05) is 6.28 Å². The van der Waals surface area contributed by atoms with Crippen molar-refractivity contribution in [2.45, 2.75) is 23.9 Å². The Morgan fingerprint density at radius 2 is 2.12 bits per heavy atom. The van der Waals surface area contributed by atoms with Crippen molar-refractivity contribution in [2.75, 3.05) is 13.1 Å². The molecule has 0 saturated carbocycles. The number of hydrogen-bond acceptors (Lipinski definition) is 7. The topological polar surface area (TPSA) is 167 Å². The van der Waals surface area contributed by atoms with E-state index < -0.39 is 37.0 Å². The van der Waals surface area contributed by atoms with Crippen LogP contribution in [0, 0.1) is 0 Å². The van der Waals surface area contributed by atoms with E-state index in [2.05, 4.69) is 10.0 Å². The molecule has 0 amide bonds. The Kier molecular flexibility index (Phi) is 5.12. The minimum Gasteiger partial charge on any atom is -0.394 e. The summed E-state index contributed by atoms with van der Waals surface area (Å²) in [6.45, 7) is -3.04. The van der Waals surface area contributed by atoms with Gasteiger partial charge in [-0.3, -0.25) is 0 Å². The maximum atomic E-state index is 10.6. The summed E-state index contributed by atoms with van der Waals surface area (Å²) < 4.78 is 7.13. The second-order valence-corrected chi connectivity index (χ2v) is 3.02. The summed E-state index contributed by atoms with van der Waals surface area (Å²) >= 11 is 0. The first-order chi connectivity index (χ1) is 7.84. The molecule has 0 aliphatic carbocycles. The molecule has 5 atom stereocenters. The first-order valence-corrected chi connectivity index (χ1v) is 4.15. The zero-order valence-corrected chi connectivity index (χ0v) is 8.08. The number of hydrogen-bond donors (Lipinski definition) is 5. The molecule has 0 aromatic carbocycles. The van der Waals surface area contributed by atoms with Gasteiger partial charge in [0.1, 0.15) is 18.3 Å². The summed E-state index contributed by atoms with van der Waals surface area (Å²) in [6.07, 6.45) is -6.49. The molecule has 0 radical (unpaired) electrons. The molecule has 0 aliphatic rings. The largest absolute Gasteiger partial charge is 0.394 e. The van der Waals surface area contributed by atoms with Crippen LogP contribution in [0.3, 0.4) is 0 Å². The molecule has 9 nitrogen and oxygen atoms in total. The zero-order valence-electron chi connectivity index (χ0n) is 9.08. The predicted molar refractivity (Wildman–Crippen MR) is 50.1 cm³/mol. The van der Waals surface area contributed by atoms with Crippen LogP contribution < -0.4 is 0 Å². The quantitative estimate of drug-likeness (QED) is 0.139. The van der Waals surface area contributed by atoms with E-state index in [9.17, 15) is 20.1 Å². The summed E-state index contributed by atoms with van der Waals surface area (Å²) in [5.41, 5.74) is 5.16. The lowest BCUT2D eigenvalue weighted by molar-refractivity contribution is -0.161. The van der Waals surface area contributed by atoms with Crippen LogP contribution in [0.1, 0.15) is 1.37 Å². The van der Waals surface area contributed by atoms with Gasteiger partial charge in [-0.05, 0) is 5.53 Å². The third kappa shape index (κ3) is 3.42. The van der Waals surface area contributed by atoms with Crippen molar-refractivity contribution in [3.63, 3.8) is 0 Å². The van der Waals surface area contributed by atoms with Gasteiger partial charge in [-0.1, -0.05) is 5.11 Å². The molecule has 9 heteroatoms. The van der Waals surface area contributed by atoms with E-state index in [0.717, 1.165) is 0 Å². The summed E-state index contributed by atoms with van der Waals surface area (Å²) in [6, 6.07) is 0. The molecular weight excluding hydrogens is 222 g/mol. The highest BCUT2D eigenvalue weighted by molar-refractivity contribution is 5.64. The van der Waals surface area contributed by atoms with E-state index in [1.165, 1.54) is 0 Å². The van der Waals surface area contributed by atoms with E-state index in [0.29, 0.717) is 0 Å². The number of aliphatic hydroxyl groups is 5. The van der Waals surface area contributed by atoms with Crippen molar-refractivity contribution in [2.24, 2.45) is 5.11 Å². The Balaban J connectivity index is 5.09. The molecule has 0 rings (SSSR count). The molecule has 0 spiro atoms. The van der Waals surface area contributed by atoms with Gasteiger partial charge in [-0.25, -0.2) is 0 Å². The maximum absolute atomic E-state index is 10.6. The molecule has 5 N–H and O–H groups in total. The number of carbonyl (C=O) groups is 1. The third-order valence-corrected chi connectivity index (χ3v) is 1.88. The van der Waals surface area contributed by atoms with Crippen molar-refractivity contribution >= 4 is 6.29 Å². The number of nitrogens with zero attached hydrogens (tertiary/aromatic N) is 3. The van der Waals surface area contributed by atoms with Gasteiger partial charge in [-0.2, -0.15) is 0 Å². The van der Waals surface area contributed by atoms with Crippen molar-refractivity contribution in [3.05, 3.63) is 10.4 Å². The minimum absolute atomic E-state index is 0.280. The van der Waals surface area contributed by atoms with Crippen molar-refractivity contribution in [1.29, 1.82) is 0 Å². The van der Waals surface area contributed by atoms with Crippen LogP contribution in [-0.4, -0.2) is 68.9 Å². The molecule has 0 bridgehead atoms. The lowest BCUT2D eigenvalue weighted by Gasteiger charge is -2.31. The summed E-state index contributed by atoms with van der Waals surface area (Å²) in [7, 11) is 0. The SMILES string of the molecule is [2H]C(N=[N+]=[N-])[C@@](O)(C=O)[C@@H](O)[C@H](O)[C@H](O)CO. The van der Waals surface area contributed by atoms with Gasteiger partial charge in [0.15, 0.2) is 11.9 Å². The first-order valence-electron chi connectivity index (χ1n) is 4.73. The predicted octanol–water partition coefficient (Wildman–Crippen LogP) is -2.70. The molecule has 92 valence electrons. The molecule has 0 saturated heterocycles. The Bertz CT molecular complexity index is 312. The van der Waals surface area contributed by atoms with Gasteiger partial charge in [0.05, 0.1) is 13.1 Å². The van der Waals surface area contributed by atoms with E-state index in [1.54, 1.807) is 0 Å². The van der Waals surface area contributed by atoms with E-state index in [1.807, 2.05) is 0 Å². The first kappa shape index (κ1) is 12.8. The van der Waals surface area contributed by atoms with E-state index in [4.69, 9.17) is 17.1 Å². The van der Waals surface area contributed by atoms with Crippen LogP contribution in [0.4, 0.5) is 0 Å². The second-order valence-electron chi connectivity index (χ2n) is 3.02. The fourth-order valence-electron chi connectivity index (χ4n) is 0.887. The van der Waals surface area contributed by atoms with E-state index >= 15 is 0 Å². The zero-order chi connectivity index (χ0) is 13.6. The Morgan fingerprint density at radius 3 is 2.50 bits per heavy atom. The van der Waals surface area contributed by atoms with Crippen LogP contribution in [0.2, 0.25) is 0 Å². The summed E-state index contributed by atoms with van der Waals surface area (Å²) in [4.78, 5) is 12.8. The van der Waals surface area contributed by atoms with Crippen molar-refractivity contribution in [3.8, 4) is 0 Å². The monoisotopic (exact) mass is 236 g/mol. The number of aldehydes is 1. The van der Waals surface area contributed by atoms with Crippen LogP contribution in [0.15, 0.2) is 5.11 Å². The molecule has 16 heavy (non-hydrogen) atoms. The van der Waals surface area contributed by atoms with Crippen LogP contribution in [0.25, 0.3) is 10.4 Å². The second kappa shape index (κ2) is 6.38. The van der Waals surface area contributed by atoms with Crippen LogP contribution in [0.5, 0.6) is 0 Å². The Hall–Kier alpha value is -1.22. The highest BCUT2D eigenvalue weighted by atomic mass is 16.4. The standard InChI is InChI=1S/C7H13N3O6/c8-10-9-2-7(16,3-12)6(15)5(14)4(13)1-11/h3-6,11,13-16H,1-2H2/t4-,5-,6+,7-/m1/s1/i2D/t2?,4-,5-,6+,7-. The minimum atomic E-state index is -2.89. The van der Waals surface area contributed by atoms with Crippen LogP contribution in [-0.2, 0) is 4.79 Å². The van der Waals surface area contributed by atoms with Gasteiger partial charge in [0.2, 0.25) is 0 Å². The van der Waals surface area contributed by atoms with Crippen molar-refractivity contribution in [1.82, 2.24) is 0 Å². The van der Waals surface area contributed by atoms with Gasteiger partial charge < -0.3 is 30.3 Å². The lowest BCUT2D eigenvalue weighted by Crippen LogP contribution is -2.56. The van der Waals surface area contributed by atoms with Gasteiger partial charge in [0.25, 0.3) is 0 Å². The fourth-order valence-corrected chi connectivity index (χ4v) is 0.887. The van der Waals surface area contributed by atoms with Gasteiger partial charge in [-0.15, -0.1) is 0 Å². The number of rotatable bonds is 7. The molecule has 0 aromatic heterocycles. The average Bonchev–Trinajstić information content (AvgIpc) is 2.35. The Labute approximate surface area is 91.6 Å². The molecular formula is C7H13N3O6. The van der Waals surface area contributed by atoms with E-state index in [-0.39, 0.29) is 6.29 Å². The lowest BCUT2D eigenvalue weighted by atomic mass is 9.91. The summed E-state index contributed by atoms with van der Waals surface area (Å²) in [5, 5.41) is 48.5. The van der Waals surface area contributed by atoms with Crippen LogP contribution >= 0.6 is 0 Å². The molecule has 0 fully saturated rings. The summed E-state index contributed by atoms with van der Waals surface area (Å²) in [5.74, 6) is 0. The highest BCUT2D eigenvalue weighted by Crippen LogP contribution is 2.15. The Morgan fingerprint density at radius 1 is 1.56 bits per heavy atom. The number of carbonyl (C=O) groups excluding carboxylic acids is 1.